The number of carbonyl (C=O) groups is 1. The van der Waals surface area contributed by atoms with Crippen LogP contribution in [0.15, 0.2) is 42.6 Å². The van der Waals surface area contributed by atoms with E-state index in [0.717, 1.165) is 30.3 Å². The van der Waals surface area contributed by atoms with E-state index in [1.807, 2.05) is 34.9 Å². The van der Waals surface area contributed by atoms with Crippen LogP contribution < -0.4 is 11.1 Å². The van der Waals surface area contributed by atoms with Crippen molar-refractivity contribution in [2.45, 2.75) is 44.2 Å². The molecule has 1 fully saturated rings. The van der Waals surface area contributed by atoms with Gasteiger partial charge in [-0.1, -0.05) is 6.07 Å². The second-order valence-electron chi connectivity index (χ2n) is 7.56. The highest BCUT2D eigenvalue weighted by Gasteiger charge is 2.29. The SMILES string of the molecule is C[C@](N)(CC(=O)Nc1nc2ccc(C#N)cc2n1C1CCC1)c1ccccn1. The monoisotopic (exact) mass is 374 g/mol. The van der Waals surface area contributed by atoms with Gasteiger partial charge in [0.15, 0.2) is 0 Å². The highest BCUT2D eigenvalue weighted by molar-refractivity contribution is 5.92. The van der Waals surface area contributed by atoms with Crippen molar-refractivity contribution in [2.75, 3.05) is 5.32 Å². The average Bonchev–Trinajstić information content (AvgIpc) is 2.97. The minimum Gasteiger partial charge on any atom is -0.320 e. The molecule has 1 aliphatic rings. The van der Waals surface area contributed by atoms with Crippen LogP contribution in [-0.4, -0.2) is 20.4 Å². The van der Waals surface area contributed by atoms with Gasteiger partial charge < -0.3 is 10.3 Å². The second-order valence-corrected chi connectivity index (χ2v) is 7.56. The van der Waals surface area contributed by atoms with Gasteiger partial charge in [0.1, 0.15) is 0 Å². The third kappa shape index (κ3) is 3.35. The Morgan fingerprint density at radius 1 is 1.39 bits per heavy atom. The lowest BCUT2D eigenvalue weighted by molar-refractivity contribution is -0.117. The second kappa shape index (κ2) is 7.06. The Morgan fingerprint density at radius 3 is 2.86 bits per heavy atom. The maximum absolute atomic E-state index is 12.8. The Bertz CT molecular complexity index is 1060. The number of hydrogen-bond donors (Lipinski definition) is 2. The molecule has 1 aliphatic carbocycles. The zero-order valence-electron chi connectivity index (χ0n) is 15.7. The first-order valence-electron chi connectivity index (χ1n) is 9.40. The van der Waals surface area contributed by atoms with Crippen LogP contribution in [-0.2, 0) is 10.3 Å². The number of benzene rings is 1. The number of amides is 1. The van der Waals surface area contributed by atoms with E-state index in [1.54, 1.807) is 19.2 Å². The molecule has 7 heteroatoms. The fraction of sp³-hybridized carbons (Fsp3) is 0.333. The molecule has 0 spiro atoms. The van der Waals surface area contributed by atoms with Gasteiger partial charge in [0.05, 0.1) is 40.3 Å². The Kier molecular flexibility index (Phi) is 4.57. The molecule has 0 radical (unpaired) electrons. The largest absolute Gasteiger partial charge is 0.320 e. The van der Waals surface area contributed by atoms with Gasteiger partial charge in [0.2, 0.25) is 11.9 Å². The maximum atomic E-state index is 12.8. The van der Waals surface area contributed by atoms with Crippen LogP contribution in [0, 0.1) is 11.3 Å². The van der Waals surface area contributed by atoms with Gasteiger partial charge in [-0.3, -0.25) is 15.1 Å². The number of nitriles is 1. The Hall–Kier alpha value is -3.24. The summed E-state index contributed by atoms with van der Waals surface area (Å²) in [6.45, 7) is 1.79. The normalized spacial score (nSPS) is 16.2. The van der Waals surface area contributed by atoms with Gasteiger partial charge in [-0.2, -0.15) is 5.26 Å². The summed E-state index contributed by atoms with van der Waals surface area (Å²) >= 11 is 0. The van der Waals surface area contributed by atoms with Crippen LogP contribution in [0.2, 0.25) is 0 Å². The number of nitrogens with one attached hydrogen (secondary N) is 1. The van der Waals surface area contributed by atoms with E-state index in [2.05, 4.69) is 21.4 Å². The molecule has 3 N–H and O–H groups in total. The summed E-state index contributed by atoms with van der Waals surface area (Å²) in [7, 11) is 0. The van der Waals surface area contributed by atoms with Crippen molar-refractivity contribution in [1.29, 1.82) is 5.26 Å². The molecular weight excluding hydrogens is 352 g/mol. The van der Waals surface area contributed by atoms with E-state index in [9.17, 15) is 10.1 Å². The molecule has 2 heterocycles. The molecule has 3 aromatic rings. The Labute approximate surface area is 163 Å². The molecule has 1 aromatic carbocycles. The molecular formula is C21H22N6O. The summed E-state index contributed by atoms with van der Waals surface area (Å²) in [5.41, 5.74) is 8.35. The summed E-state index contributed by atoms with van der Waals surface area (Å²) in [5.74, 6) is 0.295. The van der Waals surface area contributed by atoms with Gasteiger partial charge >= 0.3 is 0 Å². The van der Waals surface area contributed by atoms with Crippen LogP contribution in [0.3, 0.4) is 0 Å². The van der Waals surface area contributed by atoms with Crippen LogP contribution in [0.4, 0.5) is 5.95 Å². The van der Waals surface area contributed by atoms with Crippen molar-refractivity contribution in [2.24, 2.45) is 5.73 Å². The van der Waals surface area contributed by atoms with Crippen molar-refractivity contribution in [3.63, 3.8) is 0 Å². The predicted octanol–water partition coefficient (Wildman–Crippen LogP) is 3.23. The molecule has 7 nitrogen and oxygen atoms in total. The molecule has 0 unspecified atom stereocenters. The molecule has 1 amide bonds. The van der Waals surface area contributed by atoms with Crippen LogP contribution in [0.1, 0.15) is 49.9 Å². The Balaban J connectivity index is 1.62. The molecule has 142 valence electrons. The fourth-order valence-corrected chi connectivity index (χ4v) is 3.56. The molecule has 1 saturated carbocycles. The van der Waals surface area contributed by atoms with Crippen LogP contribution >= 0.6 is 0 Å². The highest BCUT2D eigenvalue weighted by atomic mass is 16.1. The van der Waals surface area contributed by atoms with Crippen LogP contribution in [0.25, 0.3) is 11.0 Å². The van der Waals surface area contributed by atoms with Crippen molar-refractivity contribution < 1.29 is 4.79 Å². The minimum absolute atomic E-state index is 0.0847. The Morgan fingerprint density at radius 2 is 2.21 bits per heavy atom. The third-order valence-corrected chi connectivity index (χ3v) is 5.29. The number of rotatable bonds is 5. The number of nitrogens with two attached hydrogens (primary N) is 1. The summed E-state index contributed by atoms with van der Waals surface area (Å²) in [5, 5.41) is 12.2. The van der Waals surface area contributed by atoms with Gasteiger partial charge in [0, 0.05) is 12.2 Å². The molecule has 4 rings (SSSR count). The standard InChI is InChI=1S/C21H22N6O/c1-21(23,18-7-2-3-10-24-18)12-19(28)26-20-25-16-9-8-14(13-22)11-17(16)27(20)15-5-4-6-15/h2-3,7-11,15H,4-6,12,23H2,1H3,(H,25,26,28)/t21-/m0/s1. The number of anilines is 1. The summed E-state index contributed by atoms with van der Waals surface area (Å²) < 4.78 is 2.05. The topological polar surface area (TPSA) is 110 Å². The smallest absolute Gasteiger partial charge is 0.228 e. The number of hydrogen-bond acceptors (Lipinski definition) is 5. The molecule has 28 heavy (non-hydrogen) atoms. The number of aromatic nitrogens is 3. The van der Waals surface area contributed by atoms with E-state index in [0.29, 0.717) is 17.2 Å². The fourth-order valence-electron chi connectivity index (χ4n) is 3.56. The van der Waals surface area contributed by atoms with Gasteiger partial charge in [-0.05, 0) is 56.5 Å². The van der Waals surface area contributed by atoms with Gasteiger partial charge in [0.25, 0.3) is 0 Å². The summed E-state index contributed by atoms with van der Waals surface area (Å²) in [4.78, 5) is 21.6. The summed E-state index contributed by atoms with van der Waals surface area (Å²) in [6, 6.07) is 13.3. The van der Waals surface area contributed by atoms with E-state index in [-0.39, 0.29) is 18.4 Å². The van der Waals surface area contributed by atoms with Crippen molar-refractivity contribution in [3.05, 3.63) is 53.9 Å². The van der Waals surface area contributed by atoms with E-state index < -0.39 is 5.54 Å². The zero-order chi connectivity index (χ0) is 19.7. The minimum atomic E-state index is -0.882. The van der Waals surface area contributed by atoms with Gasteiger partial charge in [-0.25, -0.2) is 4.98 Å². The molecule has 1 atom stereocenters. The lowest BCUT2D eigenvalue weighted by Crippen LogP contribution is -2.38. The molecule has 2 aromatic heterocycles. The third-order valence-electron chi connectivity index (χ3n) is 5.29. The first-order valence-corrected chi connectivity index (χ1v) is 9.40. The quantitative estimate of drug-likeness (QED) is 0.712. The van der Waals surface area contributed by atoms with Crippen molar-refractivity contribution in [1.82, 2.24) is 14.5 Å². The molecule has 0 saturated heterocycles. The number of imidazole rings is 1. The molecule has 0 bridgehead atoms. The van der Waals surface area contributed by atoms with Gasteiger partial charge in [-0.15, -0.1) is 0 Å². The first kappa shape index (κ1) is 18.1. The van der Waals surface area contributed by atoms with Crippen molar-refractivity contribution in [3.8, 4) is 6.07 Å². The maximum Gasteiger partial charge on any atom is 0.228 e. The number of nitrogens with zero attached hydrogens (tertiary/aromatic N) is 4. The number of pyridine rings is 1. The molecule has 0 aliphatic heterocycles. The number of fused-ring (bicyclic) bond motifs is 1. The number of carbonyl (C=O) groups excluding carboxylic acids is 1. The van der Waals surface area contributed by atoms with E-state index in [1.165, 1.54) is 0 Å². The lowest BCUT2D eigenvalue weighted by Gasteiger charge is -2.29. The zero-order valence-corrected chi connectivity index (χ0v) is 15.7. The lowest BCUT2D eigenvalue weighted by atomic mass is 9.92. The predicted molar refractivity (Wildman–Crippen MR) is 106 cm³/mol. The van der Waals surface area contributed by atoms with Crippen LogP contribution in [0.5, 0.6) is 0 Å². The summed E-state index contributed by atoms with van der Waals surface area (Å²) in [6.07, 6.45) is 4.97. The highest BCUT2D eigenvalue weighted by Crippen LogP contribution is 2.37. The first-order chi connectivity index (χ1) is 13.5. The average molecular weight is 374 g/mol. The van der Waals surface area contributed by atoms with Crippen molar-refractivity contribution >= 4 is 22.9 Å². The van der Waals surface area contributed by atoms with E-state index >= 15 is 0 Å². The van der Waals surface area contributed by atoms with E-state index in [4.69, 9.17) is 5.73 Å².